The number of nitrogens with two attached hydrogens (primary N) is 1. The van der Waals surface area contributed by atoms with Crippen molar-refractivity contribution in [2.45, 2.75) is 35.7 Å². The van der Waals surface area contributed by atoms with Gasteiger partial charge in [-0.3, -0.25) is 4.40 Å². The van der Waals surface area contributed by atoms with E-state index in [0.29, 0.717) is 0 Å². The van der Waals surface area contributed by atoms with Gasteiger partial charge in [-0.25, -0.2) is 4.98 Å². The topological polar surface area (TPSA) is 43.3 Å². The van der Waals surface area contributed by atoms with Crippen LogP contribution < -0.4 is 5.73 Å². The molecule has 0 aliphatic rings. The number of rotatable bonds is 5. The van der Waals surface area contributed by atoms with Crippen molar-refractivity contribution in [3.63, 3.8) is 0 Å². The van der Waals surface area contributed by atoms with Gasteiger partial charge in [0.05, 0.1) is 5.69 Å². The van der Waals surface area contributed by atoms with E-state index in [2.05, 4.69) is 63.1 Å². The Kier molecular flexibility index (Phi) is 4.69. The van der Waals surface area contributed by atoms with Crippen molar-refractivity contribution in [2.75, 3.05) is 0 Å². The molecule has 3 aromatic rings. The van der Waals surface area contributed by atoms with E-state index in [1.165, 1.54) is 10.6 Å². The average Bonchev–Trinajstić information content (AvgIpc) is 3.04. The second-order valence-corrected chi connectivity index (χ2v) is 7.70. The van der Waals surface area contributed by atoms with Crippen LogP contribution >= 0.6 is 39.0 Å². The first-order valence-corrected chi connectivity index (χ1v) is 9.29. The van der Waals surface area contributed by atoms with Crippen molar-refractivity contribution in [1.29, 1.82) is 0 Å². The third-order valence-corrected chi connectivity index (χ3v) is 5.65. The molecule has 0 saturated heterocycles. The molecule has 1 unspecified atom stereocenters. The zero-order chi connectivity index (χ0) is 14.8. The fraction of sp³-hybridized carbons (Fsp3) is 0.267. The van der Waals surface area contributed by atoms with Crippen molar-refractivity contribution in [2.24, 2.45) is 5.73 Å². The summed E-state index contributed by atoms with van der Waals surface area (Å²) in [5.74, 6) is 0. The highest BCUT2D eigenvalue weighted by Gasteiger charge is 2.16. The number of hydrogen-bond donors (Lipinski definition) is 1. The van der Waals surface area contributed by atoms with Gasteiger partial charge in [0, 0.05) is 33.4 Å². The zero-order valence-electron chi connectivity index (χ0n) is 11.6. The summed E-state index contributed by atoms with van der Waals surface area (Å²) in [6, 6.07) is 8.49. The Morgan fingerprint density at radius 2 is 2.14 bits per heavy atom. The highest BCUT2D eigenvalue weighted by atomic mass is 79.9. The minimum atomic E-state index is 0.175. The Labute approximate surface area is 140 Å². The van der Waals surface area contributed by atoms with E-state index in [9.17, 15) is 0 Å². The lowest BCUT2D eigenvalue weighted by Crippen LogP contribution is -2.22. The highest BCUT2D eigenvalue weighted by Crippen LogP contribution is 2.33. The summed E-state index contributed by atoms with van der Waals surface area (Å²) in [4.78, 5) is 6.98. The highest BCUT2D eigenvalue weighted by molar-refractivity contribution is 9.10. The molecular formula is C15H16BrN3S2. The van der Waals surface area contributed by atoms with Gasteiger partial charge in [-0.15, -0.1) is 11.3 Å². The van der Waals surface area contributed by atoms with Gasteiger partial charge in [0.1, 0.15) is 5.03 Å². The monoisotopic (exact) mass is 381 g/mol. The lowest BCUT2D eigenvalue weighted by molar-refractivity contribution is 0.627. The van der Waals surface area contributed by atoms with Gasteiger partial charge >= 0.3 is 0 Å². The third kappa shape index (κ3) is 3.34. The number of aromatic nitrogens is 2. The van der Waals surface area contributed by atoms with E-state index < -0.39 is 0 Å². The van der Waals surface area contributed by atoms with Crippen LogP contribution in [0.3, 0.4) is 0 Å². The van der Waals surface area contributed by atoms with Gasteiger partial charge in [-0.05, 0) is 30.7 Å². The van der Waals surface area contributed by atoms with Crippen molar-refractivity contribution in [3.8, 4) is 0 Å². The molecule has 0 spiro atoms. The van der Waals surface area contributed by atoms with Gasteiger partial charge in [-0.1, -0.05) is 34.6 Å². The molecule has 6 heteroatoms. The molecule has 0 amide bonds. The Balaban J connectivity index is 1.94. The first-order chi connectivity index (χ1) is 10.2. The summed E-state index contributed by atoms with van der Waals surface area (Å²) in [7, 11) is 0. The van der Waals surface area contributed by atoms with E-state index in [-0.39, 0.29) is 6.04 Å². The minimum Gasteiger partial charge on any atom is -0.327 e. The summed E-state index contributed by atoms with van der Waals surface area (Å²) < 4.78 is 3.26. The molecule has 1 aromatic carbocycles. The molecule has 0 aliphatic carbocycles. The van der Waals surface area contributed by atoms with Crippen molar-refractivity contribution >= 4 is 44.0 Å². The van der Waals surface area contributed by atoms with Crippen molar-refractivity contribution < 1.29 is 0 Å². The lowest BCUT2D eigenvalue weighted by atomic mass is 10.1. The third-order valence-electron chi connectivity index (χ3n) is 3.33. The largest absolute Gasteiger partial charge is 0.327 e. The van der Waals surface area contributed by atoms with E-state index in [1.807, 2.05) is 0 Å². The molecule has 2 heterocycles. The summed E-state index contributed by atoms with van der Waals surface area (Å²) in [6.45, 7) is 2.12. The Morgan fingerprint density at radius 1 is 1.38 bits per heavy atom. The molecule has 0 bridgehead atoms. The van der Waals surface area contributed by atoms with E-state index in [1.54, 1.807) is 23.1 Å². The van der Waals surface area contributed by atoms with Gasteiger partial charge in [0.15, 0.2) is 4.96 Å². The molecule has 21 heavy (non-hydrogen) atoms. The number of halogens is 1. The van der Waals surface area contributed by atoms with Crippen LogP contribution in [0.15, 0.2) is 50.2 Å². The van der Waals surface area contributed by atoms with E-state index in [0.717, 1.165) is 27.3 Å². The summed E-state index contributed by atoms with van der Waals surface area (Å²) in [5, 5.41) is 3.13. The summed E-state index contributed by atoms with van der Waals surface area (Å²) in [5.41, 5.74) is 7.37. The maximum Gasteiger partial charge on any atom is 0.194 e. The Bertz CT molecular complexity index is 733. The first kappa shape index (κ1) is 15.1. The predicted molar refractivity (Wildman–Crippen MR) is 93.3 cm³/mol. The first-order valence-electron chi connectivity index (χ1n) is 6.80. The standard InChI is InChI=1S/C15H16BrN3S2/c1-2-11(17)9-13-14(18-15-19(13)7-8-20-15)21-12-5-3-10(16)4-6-12/h3-8,11H,2,9,17H2,1H3. The maximum atomic E-state index is 6.15. The normalized spacial score (nSPS) is 12.9. The fourth-order valence-corrected chi connectivity index (χ4v) is 4.07. The molecule has 3 rings (SSSR count). The SMILES string of the molecule is CCC(N)Cc1c(Sc2ccc(Br)cc2)nc2sccn12. The van der Waals surface area contributed by atoms with Crippen LogP contribution in [0.1, 0.15) is 19.0 Å². The summed E-state index contributed by atoms with van der Waals surface area (Å²) in [6.07, 6.45) is 3.91. The van der Waals surface area contributed by atoms with Crippen LogP contribution in [0.25, 0.3) is 4.96 Å². The fourth-order valence-electron chi connectivity index (χ4n) is 2.09. The molecule has 0 saturated carbocycles. The molecule has 2 N–H and O–H groups in total. The number of fused-ring (bicyclic) bond motifs is 1. The Hall–Kier alpha value is -0.820. The smallest absolute Gasteiger partial charge is 0.194 e. The van der Waals surface area contributed by atoms with Gasteiger partial charge in [0.25, 0.3) is 0 Å². The van der Waals surface area contributed by atoms with Crippen molar-refractivity contribution in [1.82, 2.24) is 9.38 Å². The van der Waals surface area contributed by atoms with Crippen molar-refractivity contribution in [3.05, 3.63) is 46.0 Å². The molecule has 0 fully saturated rings. The maximum absolute atomic E-state index is 6.15. The van der Waals surface area contributed by atoms with Crippen LogP contribution in [0.2, 0.25) is 0 Å². The van der Waals surface area contributed by atoms with Crippen LogP contribution in [0.5, 0.6) is 0 Å². The number of thiazole rings is 1. The van der Waals surface area contributed by atoms with E-state index in [4.69, 9.17) is 10.7 Å². The molecule has 0 aliphatic heterocycles. The number of hydrogen-bond acceptors (Lipinski definition) is 4. The molecule has 3 nitrogen and oxygen atoms in total. The Morgan fingerprint density at radius 3 is 2.86 bits per heavy atom. The van der Waals surface area contributed by atoms with Gasteiger partial charge in [0.2, 0.25) is 0 Å². The van der Waals surface area contributed by atoms with Gasteiger partial charge in [-0.2, -0.15) is 0 Å². The second-order valence-electron chi connectivity index (χ2n) is 4.85. The number of nitrogens with zero attached hydrogens (tertiary/aromatic N) is 2. The minimum absolute atomic E-state index is 0.175. The molecular weight excluding hydrogens is 366 g/mol. The zero-order valence-corrected chi connectivity index (χ0v) is 14.8. The average molecular weight is 382 g/mol. The lowest BCUT2D eigenvalue weighted by Gasteiger charge is -2.09. The number of benzene rings is 1. The molecule has 0 radical (unpaired) electrons. The molecule has 110 valence electrons. The molecule has 1 atom stereocenters. The summed E-state index contributed by atoms with van der Waals surface area (Å²) >= 11 is 6.83. The second kappa shape index (κ2) is 6.52. The van der Waals surface area contributed by atoms with Crippen LogP contribution in [0, 0.1) is 0 Å². The quantitative estimate of drug-likeness (QED) is 0.702. The van der Waals surface area contributed by atoms with Gasteiger partial charge < -0.3 is 5.73 Å². The number of imidazole rings is 1. The van der Waals surface area contributed by atoms with Crippen LogP contribution in [0.4, 0.5) is 0 Å². The predicted octanol–water partition coefficient (Wildman–Crippen LogP) is 4.59. The van der Waals surface area contributed by atoms with Crippen LogP contribution in [-0.2, 0) is 6.42 Å². The van der Waals surface area contributed by atoms with Crippen LogP contribution in [-0.4, -0.2) is 15.4 Å². The van der Waals surface area contributed by atoms with E-state index >= 15 is 0 Å². The molecule has 2 aromatic heterocycles.